The predicted octanol–water partition coefficient (Wildman–Crippen LogP) is 1.67. The molecule has 0 amide bonds. The standard InChI is InChI=1S/C23H32N6O3/c1-4-26(12-5-11-24)14-23(2)10-13-27(15-23)18-9-8-17-19(20(18)32-3)28(16-6-7-16)22(31)29(25)21(17)30/h8-9,16H,4-7,10,12-15,25H2,1-3H3. The van der Waals surface area contributed by atoms with E-state index in [0.29, 0.717) is 27.7 Å². The summed E-state index contributed by atoms with van der Waals surface area (Å²) in [5.74, 6) is 6.35. The van der Waals surface area contributed by atoms with Crippen molar-refractivity contribution >= 4 is 16.6 Å². The van der Waals surface area contributed by atoms with Crippen molar-refractivity contribution in [1.29, 1.82) is 5.26 Å². The van der Waals surface area contributed by atoms with Crippen LogP contribution in [0, 0.1) is 16.7 Å². The Morgan fingerprint density at radius 2 is 2.09 bits per heavy atom. The largest absolute Gasteiger partial charge is 0.492 e. The third kappa shape index (κ3) is 3.84. The van der Waals surface area contributed by atoms with Crippen molar-refractivity contribution in [2.75, 3.05) is 50.6 Å². The fourth-order valence-corrected chi connectivity index (χ4v) is 4.98. The van der Waals surface area contributed by atoms with Gasteiger partial charge >= 0.3 is 5.69 Å². The molecule has 9 heteroatoms. The lowest BCUT2D eigenvalue weighted by molar-refractivity contribution is 0.189. The summed E-state index contributed by atoms with van der Waals surface area (Å²) < 4.78 is 8.16. The van der Waals surface area contributed by atoms with Gasteiger partial charge in [0.25, 0.3) is 5.56 Å². The van der Waals surface area contributed by atoms with Crippen LogP contribution in [-0.4, -0.2) is 54.0 Å². The Labute approximate surface area is 187 Å². The van der Waals surface area contributed by atoms with E-state index in [4.69, 9.17) is 15.8 Å². The molecule has 2 aromatic rings. The molecule has 2 N–H and O–H groups in total. The van der Waals surface area contributed by atoms with Crippen LogP contribution < -0.4 is 26.7 Å². The minimum atomic E-state index is -0.505. The van der Waals surface area contributed by atoms with Gasteiger partial charge in [-0.15, -0.1) is 0 Å². The lowest BCUT2D eigenvalue weighted by atomic mass is 9.89. The molecule has 9 nitrogen and oxygen atoms in total. The fourth-order valence-electron chi connectivity index (χ4n) is 4.98. The Kier molecular flexibility index (Phi) is 5.91. The molecule has 0 radical (unpaired) electrons. The molecule has 2 heterocycles. The Hall–Kier alpha value is -2.99. The highest BCUT2D eigenvalue weighted by Gasteiger charge is 2.37. The zero-order valence-corrected chi connectivity index (χ0v) is 19.1. The molecule has 1 saturated carbocycles. The van der Waals surface area contributed by atoms with E-state index >= 15 is 0 Å². The van der Waals surface area contributed by atoms with Crippen molar-refractivity contribution in [1.82, 2.24) is 14.1 Å². The molecule has 4 rings (SSSR count). The van der Waals surface area contributed by atoms with Gasteiger partial charge in [-0.2, -0.15) is 9.94 Å². The molecule has 1 unspecified atom stereocenters. The van der Waals surface area contributed by atoms with Crippen LogP contribution in [0.3, 0.4) is 0 Å². The number of benzene rings is 1. The average molecular weight is 441 g/mol. The molecule has 2 aliphatic rings. The van der Waals surface area contributed by atoms with Gasteiger partial charge in [0.1, 0.15) is 5.52 Å². The van der Waals surface area contributed by atoms with Gasteiger partial charge in [0.15, 0.2) is 5.75 Å². The van der Waals surface area contributed by atoms with Gasteiger partial charge in [-0.25, -0.2) is 4.79 Å². The zero-order valence-electron chi connectivity index (χ0n) is 19.1. The van der Waals surface area contributed by atoms with Gasteiger partial charge in [0, 0.05) is 38.6 Å². The summed E-state index contributed by atoms with van der Waals surface area (Å²) in [5, 5.41) is 9.34. The van der Waals surface area contributed by atoms with E-state index in [9.17, 15) is 9.59 Å². The normalized spacial score (nSPS) is 20.8. The van der Waals surface area contributed by atoms with Crippen molar-refractivity contribution in [3.8, 4) is 11.8 Å². The van der Waals surface area contributed by atoms with Gasteiger partial charge < -0.3 is 20.4 Å². The van der Waals surface area contributed by atoms with Crippen molar-refractivity contribution in [2.45, 2.75) is 45.6 Å². The molecule has 1 aromatic heterocycles. The molecule has 0 spiro atoms. The van der Waals surface area contributed by atoms with Crippen LogP contribution in [0.5, 0.6) is 5.75 Å². The number of hydrogen-bond acceptors (Lipinski definition) is 7. The second-order valence-electron chi connectivity index (χ2n) is 9.33. The lowest BCUT2D eigenvalue weighted by Gasteiger charge is -2.32. The summed E-state index contributed by atoms with van der Waals surface area (Å²) >= 11 is 0. The van der Waals surface area contributed by atoms with Crippen LogP contribution in [0.15, 0.2) is 21.7 Å². The molecular formula is C23H32N6O3. The third-order valence-electron chi connectivity index (χ3n) is 6.82. The molecular weight excluding hydrogens is 408 g/mol. The summed E-state index contributed by atoms with van der Waals surface area (Å²) in [4.78, 5) is 30.2. The Bertz CT molecular complexity index is 1180. The molecule has 1 atom stereocenters. The Morgan fingerprint density at radius 1 is 1.34 bits per heavy atom. The highest BCUT2D eigenvalue weighted by atomic mass is 16.5. The number of rotatable bonds is 8. The third-order valence-corrected chi connectivity index (χ3v) is 6.82. The number of fused-ring (bicyclic) bond motifs is 1. The number of anilines is 1. The molecule has 2 fully saturated rings. The number of nitrogen functional groups attached to an aromatic ring is 1. The first kappa shape index (κ1) is 22.2. The fraction of sp³-hybridized carbons (Fsp3) is 0.609. The van der Waals surface area contributed by atoms with Gasteiger partial charge in [0.2, 0.25) is 0 Å². The number of nitrogens with zero attached hydrogens (tertiary/aromatic N) is 5. The molecule has 1 aromatic carbocycles. The average Bonchev–Trinajstić information content (AvgIpc) is 3.55. The van der Waals surface area contributed by atoms with Crippen LogP contribution in [0.1, 0.15) is 45.6 Å². The molecule has 1 saturated heterocycles. The SMILES string of the molecule is CCN(CCC#N)CC1(C)CCN(c2ccc3c(=O)n(N)c(=O)n(C4CC4)c3c2OC)C1. The first-order valence-electron chi connectivity index (χ1n) is 11.3. The number of nitrogens with two attached hydrogens (primary N) is 1. The highest BCUT2D eigenvalue weighted by molar-refractivity contribution is 5.90. The monoisotopic (exact) mass is 440 g/mol. The van der Waals surface area contributed by atoms with Crippen LogP contribution in [0.2, 0.25) is 0 Å². The van der Waals surface area contributed by atoms with E-state index in [1.165, 1.54) is 0 Å². The number of methoxy groups -OCH3 is 1. The maximum absolute atomic E-state index is 12.8. The first-order valence-corrected chi connectivity index (χ1v) is 11.3. The summed E-state index contributed by atoms with van der Waals surface area (Å²) in [5.41, 5.74) is 0.507. The molecule has 0 bridgehead atoms. The number of hydrogen-bond donors (Lipinski definition) is 1. The maximum atomic E-state index is 12.8. The van der Waals surface area contributed by atoms with Crippen LogP contribution in [0.4, 0.5) is 5.69 Å². The number of ether oxygens (including phenoxy) is 1. The lowest BCUT2D eigenvalue weighted by Crippen LogP contribution is -2.44. The second kappa shape index (κ2) is 8.51. The van der Waals surface area contributed by atoms with E-state index in [1.54, 1.807) is 17.7 Å². The molecule has 32 heavy (non-hydrogen) atoms. The minimum Gasteiger partial charge on any atom is -0.492 e. The summed E-state index contributed by atoms with van der Waals surface area (Å²) in [6.07, 6.45) is 3.32. The van der Waals surface area contributed by atoms with Gasteiger partial charge in [-0.3, -0.25) is 9.36 Å². The summed E-state index contributed by atoms with van der Waals surface area (Å²) in [6, 6.07) is 5.95. The second-order valence-corrected chi connectivity index (χ2v) is 9.33. The smallest absolute Gasteiger partial charge is 0.350 e. The molecule has 1 aliphatic heterocycles. The van der Waals surface area contributed by atoms with E-state index in [-0.39, 0.29) is 11.5 Å². The van der Waals surface area contributed by atoms with Crippen molar-refractivity contribution in [3.05, 3.63) is 33.0 Å². The van der Waals surface area contributed by atoms with Crippen LogP contribution in [-0.2, 0) is 0 Å². The van der Waals surface area contributed by atoms with Crippen LogP contribution >= 0.6 is 0 Å². The minimum absolute atomic E-state index is 0.0478. The van der Waals surface area contributed by atoms with E-state index in [2.05, 4.69) is 29.7 Å². The van der Waals surface area contributed by atoms with Crippen molar-refractivity contribution in [2.24, 2.45) is 5.41 Å². The van der Waals surface area contributed by atoms with E-state index in [0.717, 1.165) is 57.7 Å². The zero-order chi connectivity index (χ0) is 23.0. The topological polar surface area (TPSA) is 110 Å². The van der Waals surface area contributed by atoms with Crippen LogP contribution in [0.25, 0.3) is 10.9 Å². The van der Waals surface area contributed by atoms with Crippen molar-refractivity contribution < 1.29 is 4.74 Å². The molecule has 1 aliphatic carbocycles. The van der Waals surface area contributed by atoms with Gasteiger partial charge in [-0.05, 0) is 43.4 Å². The quantitative estimate of drug-likeness (QED) is 0.622. The van der Waals surface area contributed by atoms with Gasteiger partial charge in [0.05, 0.1) is 24.3 Å². The summed E-state index contributed by atoms with van der Waals surface area (Å²) in [6.45, 7) is 8.71. The highest BCUT2D eigenvalue weighted by Crippen LogP contribution is 2.43. The number of aromatic nitrogens is 2. The van der Waals surface area contributed by atoms with E-state index in [1.807, 2.05) is 6.07 Å². The Morgan fingerprint density at radius 3 is 2.72 bits per heavy atom. The first-order chi connectivity index (χ1) is 15.3. The Balaban J connectivity index is 1.72. The van der Waals surface area contributed by atoms with Gasteiger partial charge in [-0.1, -0.05) is 13.8 Å². The molecule has 172 valence electrons. The summed E-state index contributed by atoms with van der Waals surface area (Å²) in [7, 11) is 1.59. The number of nitriles is 1. The van der Waals surface area contributed by atoms with E-state index < -0.39 is 11.2 Å². The predicted molar refractivity (Wildman–Crippen MR) is 125 cm³/mol. The van der Waals surface area contributed by atoms with Crippen molar-refractivity contribution in [3.63, 3.8) is 0 Å². The maximum Gasteiger partial charge on any atom is 0.350 e.